The second-order valence-corrected chi connectivity index (χ2v) is 4.50. The Morgan fingerprint density at radius 2 is 2.20 bits per heavy atom. The van der Waals surface area contributed by atoms with Crippen molar-refractivity contribution in [2.75, 3.05) is 0 Å². The lowest BCUT2D eigenvalue weighted by atomic mass is 11.7. The Morgan fingerprint density at radius 1 is 1.50 bits per heavy atom. The van der Waals surface area contributed by atoms with Crippen LogP contribution < -0.4 is 14.0 Å². The van der Waals surface area contributed by atoms with Crippen molar-refractivity contribution in [1.29, 1.82) is 0 Å². The summed E-state index contributed by atoms with van der Waals surface area (Å²) in [4.78, 5) is 0. The zero-order valence-electron chi connectivity index (χ0n) is 4.43. The molecule has 10 heavy (non-hydrogen) atoms. The zero-order valence-corrected chi connectivity index (χ0v) is 6.82. The van der Waals surface area contributed by atoms with E-state index >= 15 is 0 Å². The second-order valence-electron chi connectivity index (χ2n) is 1.18. The molecule has 8 heteroatoms. The molecule has 1 aliphatic rings. The molecule has 0 N–H and O–H groups in total. The Labute approximate surface area is 65.7 Å². The highest BCUT2D eigenvalue weighted by atomic mass is 35.7. The van der Waals surface area contributed by atoms with E-state index in [2.05, 4.69) is 8.13 Å². The van der Waals surface area contributed by atoms with Gasteiger partial charge >= 0.3 is 0 Å². The van der Waals surface area contributed by atoms with Crippen molar-refractivity contribution in [3.05, 3.63) is 0 Å². The van der Waals surface area contributed by atoms with E-state index in [1.807, 2.05) is 0 Å². The van der Waals surface area contributed by atoms with E-state index in [4.69, 9.17) is 0 Å². The van der Waals surface area contributed by atoms with Crippen LogP contribution in [0.5, 0.6) is 0 Å². The van der Waals surface area contributed by atoms with Crippen molar-refractivity contribution in [3.63, 3.8) is 0 Å². The van der Waals surface area contributed by atoms with Crippen LogP contribution in [0.3, 0.4) is 0 Å². The van der Waals surface area contributed by atoms with Gasteiger partial charge in [0.1, 0.15) is 9.28 Å². The highest BCUT2D eigenvalue weighted by molar-refractivity contribution is 8.38. The molecule has 0 aromatic heterocycles. The maximum Gasteiger partial charge on any atom is 0.159 e. The molecule has 58 valence electrons. The van der Waals surface area contributed by atoms with Crippen LogP contribution in [0.2, 0.25) is 0 Å². The summed E-state index contributed by atoms with van der Waals surface area (Å²) < 4.78 is 38.7. The predicted molar refractivity (Wildman–Crippen MR) is 30.8 cm³/mol. The lowest BCUT2D eigenvalue weighted by Gasteiger charge is -2.10. The topological polar surface area (TPSA) is 90.8 Å². The van der Waals surface area contributed by atoms with Crippen LogP contribution in [-0.4, -0.2) is 10.2 Å². The Hall–Kier alpha value is 0.370. The van der Waals surface area contributed by atoms with Gasteiger partial charge in [-0.25, -0.2) is 4.40 Å². The highest BCUT2D eigenvalue weighted by Crippen LogP contribution is 2.23. The largest absolute Gasteiger partial charge is 0.210 e. The lowest BCUT2D eigenvalue weighted by Crippen LogP contribution is -2.60. The van der Waals surface area contributed by atoms with E-state index in [0.717, 1.165) is 11.9 Å². The summed E-state index contributed by atoms with van der Waals surface area (Å²) in [5, 5.41) is 0. The van der Waals surface area contributed by atoms with Gasteiger partial charge in [-0.05, 0) is 0 Å². The standard InChI is InChI=1S/C2H2ClNO4S2/c5-3(6,7)8-10-1-4-9-2-10/h1-2H. The van der Waals surface area contributed by atoms with Gasteiger partial charge in [-0.15, -0.1) is 0 Å². The fourth-order valence-corrected chi connectivity index (χ4v) is 2.78. The van der Waals surface area contributed by atoms with Gasteiger partial charge in [0.2, 0.25) is 0 Å². The smallest absolute Gasteiger partial charge is 0.159 e. The van der Waals surface area contributed by atoms with Crippen molar-refractivity contribution in [1.82, 2.24) is 0 Å². The third kappa shape index (κ3) is 2.97. The van der Waals surface area contributed by atoms with Crippen LogP contribution in [0.4, 0.5) is 0 Å². The van der Waals surface area contributed by atoms with Gasteiger partial charge < -0.3 is 0 Å². The van der Waals surface area contributed by atoms with E-state index in [0.29, 0.717) is 0 Å². The average molecular weight is 204 g/mol. The van der Waals surface area contributed by atoms with Gasteiger partial charge in [0.25, 0.3) is 0 Å². The second kappa shape index (κ2) is 3.18. The molecular formula is C2H2ClNO4S2. The summed E-state index contributed by atoms with van der Waals surface area (Å²) in [6.45, 7) is 0. The number of halogens is 1. The molecule has 0 aliphatic carbocycles. The summed E-state index contributed by atoms with van der Waals surface area (Å²) >= 11 is 1.05. The summed E-state index contributed by atoms with van der Waals surface area (Å²) in [6.07, 6.45) is 0. The summed E-state index contributed by atoms with van der Waals surface area (Å²) in [5.41, 5.74) is 1.26. The van der Waals surface area contributed by atoms with E-state index < -0.39 is 21.0 Å². The normalized spacial score (nSPS) is 24.9. The van der Waals surface area contributed by atoms with Crippen LogP contribution >= 0.6 is 22.7 Å². The molecule has 0 amide bonds. The first kappa shape index (κ1) is 8.47. The number of nitrogens with zero attached hydrogens (tertiary/aromatic N) is 1. The molecule has 0 aromatic rings. The van der Waals surface area contributed by atoms with Gasteiger partial charge in [-0.1, -0.05) is 0 Å². The van der Waals surface area contributed by atoms with Crippen LogP contribution in [-0.2, 0) is 3.74 Å². The SMILES string of the molecule is [O-][Cl+3]([O-])([O-])OS1=CSN=C1. The fourth-order valence-electron chi connectivity index (χ4n) is 0.280. The maximum atomic E-state index is 9.90. The van der Waals surface area contributed by atoms with Gasteiger partial charge in [0.05, 0.1) is 14.9 Å². The Balaban J connectivity index is 2.46. The van der Waals surface area contributed by atoms with Gasteiger partial charge in [0.15, 0.2) is 10.8 Å². The molecule has 1 unspecified atom stereocenters. The maximum absolute atomic E-state index is 9.90. The molecule has 1 atom stereocenters. The molecule has 0 spiro atoms. The van der Waals surface area contributed by atoms with Crippen molar-refractivity contribution in [2.45, 2.75) is 0 Å². The molecular weight excluding hydrogens is 202 g/mol. The van der Waals surface area contributed by atoms with Crippen LogP contribution in [0, 0.1) is 10.2 Å². The van der Waals surface area contributed by atoms with Crippen LogP contribution in [0.15, 0.2) is 4.40 Å². The molecule has 0 fully saturated rings. The lowest BCUT2D eigenvalue weighted by molar-refractivity contribution is -1.91. The number of rotatable bonds is 2. The van der Waals surface area contributed by atoms with Crippen molar-refractivity contribution in [3.8, 4) is 0 Å². The van der Waals surface area contributed by atoms with Gasteiger partial charge in [0, 0.05) is 11.9 Å². The summed E-state index contributed by atoms with van der Waals surface area (Å²) in [5.74, 6) is 0. The third-order valence-electron chi connectivity index (χ3n) is 0.496. The number of hydrogen-bond acceptors (Lipinski definition) is 6. The first-order valence-corrected chi connectivity index (χ1v) is 5.28. The molecule has 1 heterocycles. The Morgan fingerprint density at radius 3 is 2.60 bits per heavy atom. The van der Waals surface area contributed by atoms with E-state index in [9.17, 15) is 14.0 Å². The summed E-state index contributed by atoms with van der Waals surface area (Å²) in [7, 11) is -5.39. The Bertz CT molecular complexity index is 186. The highest BCUT2D eigenvalue weighted by Gasteiger charge is 2.21. The van der Waals surface area contributed by atoms with Crippen molar-refractivity contribution in [2.24, 2.45) is 4.40 Å². The zero-order chi connectivity index (χ0) is 7.61. The minimum atomic E-state index is -4.32. The third-order valence-corrected chi connectivity index (χ3v) is 3.47. The molecule has 0 radical (unpaired) electrons. The molecule has 0 aromatic carbocycles. The average Bonchev–Trinajstić information content (AvgIpc) is 2.12. The van der Waals surface area contributed by atoms with E-state index in [-0.39, 0.29) is 0 Å². The van der Waals surface area contributed by atoms with E-state index in [1.165, 1.54) is 10.2 Å². The molecule has 1 aliphatic heterocycles. The molecule has 0 bridgehead atoms. The molecule has 0 saturated heterocycles. The van der Waals surface area contributed by atoms with Gasteiger partial charge in [-0.2, -0.15) is 14.0 Å². The van der Waals surface area contributed by atoms with Crippen LogP contribution in [0.1, 0.15) is 0 Å². The van der Waals surface area contributed by atoms with Crippen molar-refractivity contribution >= 4 is 33.0 Å². The summed E-state index contributed by atoms with van der Waals surface area (Å²) in [6, 6.07) is 0. The fraction of sp³-hybridized carbons (Fsp3) is 0. The van der Waals surface area contributed by atoms with Gasteiger partial charge in [-0.3, -0.25) is 0 Å². The van der Waals surface area contributed by atoms with Crippen molar-refractivity contribution < 1.29 is 28.0 Å². The Kier molecular flexibility index (Phi) is 2.69. The molecule has 1 rings (SSSR count). The first-order valence-electron chi connectivity index (χ1n) is 1.93. The minimum Gasteiger partial charge on any atom is -0.210 e. The molecule has 0 saturated carbocycles. The quantitative estimate of drug-likeness (QED) is 0.367. The predicted octanol–water partition coefficient (Wildman–Crippen LogP) is -2.47. The number of hydrogen-bond donors (Lipinski definition) is 0. The first-order chi connectivity index (χ1) is 4.58. The van der Waals surface area contributed by atoms with Crippen LogP contribution in [0.25, 0.3) is 0 Å². The minimum absolute atomic E-state index is 1.05. The van der Waals surface area contributed by atoms with E-state index in [1.54, 1.807) is 0 Å². The monoisotopic (exact) mass is 203 g/mol. The molecule has 5 nitrogen and oxygen atoms in total.